The number of likely N-dealkylation sites (N-methyl/N-ethyl adjacent to an activating group) is 1. The molecule has 0 spiro atoms. The molecule has 0 aliphatic carbocycles. The molecule has 0 saturated heterocycles. The van der Waals surface area contributed by atoms with Gasteiger partial charge in [0.15, 0.2) is 0 Å². The van der Waals surface area contributed by atoms with Crippen LogP contribution in [0.15, 0.2) is 42.5 Å². The predicted octanol–water partition coefficient (Wildman–Crippen LogP) is 4.36. The molecule has 0 bridgehead atoms. The van der Waals surface area contributed by atoms with E-state index in [1.165, 1.54) is 11.0 Å². The first kappa shape index (κ1) is 28.0. The Hall–Kier alpha value is -3.20. The highest BCUT2D eigenvalue weighted by molar-refractivity contribution is 7.80. The van der Waals surface area contributed by atoms with Gasteiger partial charge in [-0.1, -0.05) is 36.4 Å². The number of nitrogens with zero attached hydrogens (tertiary/aromatic N) is 1. The van der Waals surface area contributed by atoms with E-state index >= 15 is 0 Å². The molecule has 2 rings (SSSR count). The molecule has 35 heavy (non-hydrogen) atoms. The molecule has 2 unspecified atom stereocenters. The maximum Gasteiger partial charge on any atom is 0.408 e. The topological polar surface area (TPSA) is 108 Å². The van der Waals surface area contributed by atoms with Crippen molar-refractivity contribution in [3.8, 4) is 5.75 Å². The number of aryl methyl sites for hydroxylation is 2. The Morgan fingerprint density at radius 1 is 1.06 bits per heavy atom. The number of thiol groups is 1. The average molecular weight is 502 g/mol. The lowest BCUT2D eigenvalue weighted by Crippen LogP contribution is -2.53. The van der Waals surface area contributed by atoms with Gasteiger partial charge in [-0.2, -0.15) is 12.6 Å². The number of nitrogens with one attached hydrogen (secondary N) is 2. The molecule has 0 fully saturated rings. The summed E-state index contributed by atoms with van der Waals surface area (Å²) in [5.74, 6) is -1.16. The van der Waals surface area contributed by atoms with Gasteiger partial charge < -0.3 is 25.4 Å². The number of para-hydroxylation sites is 2. The number of carbonyl (C=O) groups is 3. The van der Waals surface area contributed by atoms with Crippen molar-refractivity contribution < 1.29 is 24.2 Å². The highest BCUT2D eigenvalue weighted by atomic mass is 32.1. The first-order valence-electron chi connectivity index (χ1n) is 11.4. The lowest BCUT2D eigenvalue weighted by atomic mass is 10.0. The fourth-order valence-electron chi connectivity index (χ4n) is 3.67. The molecule has 0 heterocycles. The van der Waals surface area contributed by atoms with Gasteiger partial charge in [-0.15, -0.1) is 0 Å². The Balaban J connectivity index is 2.45. The van der Waals surface area contributed by atoms with Crippen LogP contribution in [-0.4, -0.2) is 51.9 Å². The average Bonchev–Trinajstić information content (AvgIpc) is 2.77. The number of hydrogen-bond donors (Lipinski definition) is 4. The highest BCUT2D eigenvalue weighted by Crippen LogP contribution is 2.31. The minimum Gasteiger partial charge on any atom is -0.508 e. The summed E-state index contributed by atoms with van der Waals surface area (Å²) in [4.78, 5) is 40.9. The summed E-state index contributed by atoms with van der Waals surface area (Å²) in [5, 5.41) is 16.0. The van der Waals surface area contributed by atoms with Crippen LogP contribution in [0.3, 0.4) is 0 Å². The van der Waals surface area contributed by atoms with Crippen LogP contribution in [0.2, 0.25) is 0 Å². The van der Waals surface area contributed by atoms with Gasteiger partial charge in [0.2, 0.25) is 5.91 Å². The summed E-state index contributed by atoms with van der Waals surface area (Å²) in [7, 11) is 0. The standard InChI is InChI=1S/C26H35N3O5S/c1-7-29(24(32)19(15-35)27-25(33)34-26(4,5)6)22(18-13-8-9-14-20(18)30)23(31)28-21-16(2)11-10-12-17(21)3/h8-14,19,22,30,35H,7,15H2,1-6H3,(H,27,33)(H,28,31). The van der Waals surface area contributed by atoms with Gasteiger partial charge in [0.1, 0.15) is 23.4 Å². The van der Waals surface area contributed by atoms with E-state index in [4.69, 9.17) is 4.74 Å². The zero-order valence-corrected chi connectivity index (χ0v) is 22.0. The Kier molecular flexibility index (Phi) is 9.59. The zero-order chi connectivity index (χ0) is 26.3. The first-order valence-corrected chi connectivity index (χ1v) is 12.1. The van der Waals surface area contributed by atoms with Gasteiger partial charge in [0.05, 0.1) is 0 Å². The van der Waals surface area contributed by atoms with Crippen molar-refractivity contribution in [2.45, 2.75) is 59.2 Å². The number of ether oxygens (including phenoxy) is 1. The smallest absolute Gasteiger partial charge is 0.408 e. The van der Waals surface area contributed by atoms with E-state index in [2.05, 4.69) is 23.3 Å². The monoisotopic (exact) mass is 501 g/mol. The van der Waals surface area contributed by atoms with Crippen LogP contribution in [0.1, 0.15) is 50.4 Å². The molecule has 0 aliphatic heterocycles. The quantitative estimate of drug-likeness (QED) is 0.402. The zero-order valence-electron chi connectivity index (χ0n) is 21.1. The molecule has 2 atom stereocenters. The number of anilines is 1. The van der Waals surface area contributed by atoms with Gasteiger partial charge in [0.25, 0.3) is 5.91 Å². The minimum absolute atomic E-state index is 0.0133. The highest BCUT2D eigenvalue weighted by Gasteiger charge is 2.36. The van der Waals surface area contributed by atoms with E-state index in [0.717, 1.165) is 11.1 Å². The molecule has 9 heteroatoms. The molecule has 0 aliphatic rings. The van der Waals surface area contributed by atoms with Crippen molar-refractivity contribution in [3.05, 3.63) is 59.2 Å². The third-order valence-electron chi connectivity index (χ3n) is 5.32. The van der Waals surface area contributed by atoms with Gasteiger partial charge in [-0.25, -0.2) is 4.79 Å². The number of phenols is 1. The number of carbonyl (C=O) groups excluding carboxylic acids is 3. The minimum atomic E-state index is -1.16. The van der Waals surface area contributed by atoms with E-state index < -0.39 is 35.6 Å². The number of rotatable bonds is 8. The number of benzene rings is 2. The van der Waals surface area contributed by atoms with E-state index in [1.807, 2.05) is 32.0 Å². The van der Waals surface area contributed by atoms with E-state index in [0.29, 0.717) is 5.69 Å². The largest absolute Gasteiger partial charge is 0.508 e. The fraction of sp³-hybridized carbons (Fsp3) is 0.423. The Bertz CT molecular complexity index is 1050. The first-order chi connectivity index (χ1) is 16.4. The van der Waals surface area contributed by atoms with E-state index in [1.54, 1.807) is 45.9 Å². The summed E-state index contributed by atoms with van der Waals surface area (Å²) >= 11 is 4.24. The van der Waals surface area contributed by atoms with Crippen LogP contribution in [0.5, 0.6) is 5.75 Å². The summed E-state index contributed by atoms with van der Waals surface area (Å²) in [6.45, 7) is 10.8. The molecule has 0 radical (unpaired) electrons. The number of phenolic OH excluding ortho intramolecular Hbond substituents is 1. The third-order valence-corrected chi connectivity index (χ3v) is 5.68. The molecule has 3 amide bonds. The second-order valence-corrected chi connectivity index (χ2v) is 9.59. The molecule has 2 aromatic carbocycles. The molecule has 0 aromatic heterocycles. The van der Waals surface area contributed by atoms with Crippen LogP contribution in [-0.2, 0) is 14.3 Å². The van der Waals surface area contributed by atoms with Crippen LogP contribution in [0.4, 0.5) is 10.5 Å². The molecule has 3 N–H and O–H groups in total. The summed E-state index contributed by atoms with van der Waals surface area (Å²) in [5.41, 5.74) is 1.88. The van der Waals surface area contributed by atoms with Crippen molar-refractivity contribution in [1.82, 2.24) is 10.2 Å². The molecule has 2 aromatic rings. The Morgan fingerprint density at radius 3 is 2.17 bits per heavy atom. The lowest BCUT2D eigenvalue weighted by Gasteiger charge is -2.33. The normalized spacial score (nSPS) is 12.9. The SMILES string of the molecule is CCN(C(=O)C(CS)NC(=O)OC(C)(C)C)C(C(=O)Nc1c(C)cccc1C)c1ccccc1O. The number of alkyl carbamates (subject to hydrolysis) is 1. The second kappa shape index (κ2) is 12.0. The molecular formula is C26H35N3O5S. The maximum atomic E-state index is 13.6. The molecule has 8 nitrogen and oxygen atoms in total. The van der Waals surface area contributed by atoms with Crippen LogP contribution >= 0.6 is 12.6 Å². The van der Waals surface area contributed by atoms with Crippen LogP contribution in [0, 0.1) is 13.8 Å². The van der Waals surface area contributed by atoms with Crippen molar-refractivity contribution >= 4 is 36.2 Å². The van der Waals surface area contributed by atoms with E-state index in [-0.39, 0.29) is 23.6 Å². The fourth-order valence-corrected chi connectivity index (χ4v) is 3.92. The molecule has 0 saturated carbocycles. The summed E-state index contributed by atoms with van der Waals surface area (Å²) < 4.78 is 5.28. The summed E-state index contributed by atoms with van der Waals surface area (Å²) in [6, 6.07) is 9.82. The van der Waals surface area contributed by atoms with Crippen LogP contribution in [0.25, 0.3) is 0 Å². The second-order valence-electron chi connectivity index (χ2n) is 9.22. The van der Waals surface area contributed by atoms with Crippen molar-refractivity contribution in [3.63, 3.8) is 0 Å². The van der Waals surface area contributed by atoms with Crippen molar-refractivity contribution in [1.29, 1.82) is 0 Å². The van der Waals surface area contributed by atoms with Gasteiger partial charge >= 0.3 is 6.09 Å². The number of hydrogen-bond acceptors (Lipinski definition) is 6. The predicted molar refractivity (Wildman–Crippen MR) is 140 cm³/mol. The maximum absolute atomic E-state index is 13.6. The molecule has 190 valence electrons. The van der Waals surface area contributed by atoms with Gasteiger partial charge in [-0.3, -0.25) is 9.59 Å². The summed E-state index contributed by atoms with van der Waals surface area (Å²) in [6.07, 6.45) is -0.764. The van der Waals surface area contributed by atoms with E-state index in [9.17, 15) is 19.5 Å². The third kappa shape index (κ3) is 7.39. The Morgan fingerprint density at radius 2 is 1.66 bits per heavy atom. The molecular weight excluding hydrogens is 466 g/mol. The van der Waals surface area contributed by atoms with Crippen molar-refractivity contribution in [2.24, 2.45) is 0 Å². The lowest BCUT2D eigenvalue weighted by molar-refractivity contribution is -0.140. The van der Waals surface area contributed by atoms with Gasteiger partial charge in [0, 0.05) is 23.5 Å². The Labute approximate surface area is 212 Å². The number of aromatic hydroxyl groups is 1. The van der Waals surface area contributed by atoms with Crippen molar-refractivity contribution in [2.75, 3.05) is 17.6 Å². The number of amides is 3. The van der Waals surface area contributed by atoms with Gasteiger partial charge in [-0.05, 0) is 58.7 Å². The van der Waals surface area contributed by atoms with Crippen LogP contribution < -0.4 is 10.6 Å².